The molecule has 0 radical (unpaired) electrons. The topological polar surface area (TPSA) is 55.1 Å². The third-order valence-corrected chi connectivity index (χ3v) is 3.28. The number of para-hydroxylation sites is 2. The van der Waals surface area contributed by atoms with Gasteiger partial charge in [-0.25, -0.2) is 4.98 Å². The van der Waals surface area contributed by atoms with Crippen LogP contribution in [0.1, 0.15) is 0 Å². The summed E-state index contributed by atoms with van der Waals surface area (Å²) in [6.07, 6.45) is 0. The van der Waals surface area contributed by atoms with Gasteiger partial charge in [0.25, 0.3) is 7.37 Å². The minimum absolute atomic E-state index is 0. The maximum Gasteiger partial charge on any atom is 1.00 e. The van der Waals surface area contributed by atoms with Gasteiger partial charge in [-0.2, -0.15) is 0 Å². The smallest absolute Gasteiger partial charge is 0.339 e. The number of aryl methyl sites for hydroxylation is 1. The molecule has 0 bridgehead atoms. The average Bonchev–Trinajstić information content (AvgIpc) is 2.44. The predicted molar refractivity (Wildman–Crippen MR) is 56.1 cm³/mol. The first-order valence-electron chi connectivity index (χ1n) is 4.22. The van der Waals surface area contributed by atoms with Crippen LogP contribution in [0.5, 0.6) is 0 Å². The Morgan fingerprint density at radius 3 is 2.53 bits per heavy atom. The minimum atomic E-state index is -3.28. The molecule has 1 atom stereocenters. The molecule has 15 heavy (non-hydrogen) atoms. The second-order valence-electron chi connectivity index (χ2n) is 3.34. The van der Waals surface area contributed by atoms with Crippen LogP contribution >= 0.6 is 7.37 Å². The molecule has 0 aliphatic carbocycles. The number of aromatic nitrogens is 2. The largest absolute Gasteiger partial charge is 1.00 e. The summed E-state index contributed by atoms with van der Waals surface area (Å²) in [6.45, 7) is 1.30. The summed E-state index contributed by atoms with van der Waals surface area (Å²) in [5.41, 5.74) is 1.87. The van der Waals surface area contributed by atoms with Crippen molar-refractivity contribution in [2.24, 2.45) is 7.05 Å². The van der Waals surface area contributed by atoms with E-state index in [4.69, 9.17) is 0 Å². The fourth-order valence-corrected chi connectivity index (χ4v) is 2.46. The Morgan fingerprint density at radius 1 is 1.40 bits per heavy atom. The first-order valence-corrected chi connectivity index (χ1v) is 6.33. The van der Waals surface area contributed by atoms with Crippen LogP contribution in [0.4, 0.5) is 0 Å². The molecular weight excluding hydrogens is 222 g/mol. The Kier molecular flexibility index (Phi) is 3.80. The first kappa shape index (κ1) is 12.9. The Hall–Kier alpha value is -0.120. The van der Waals surface area contributed by atoms with E-state index in [-0.39, 0.29) is 35.1 Å². The zero-order valence-corrected chi connectivity index (χ0v) is 11.9. The van der Waals surface area contributed by atoms with Crippen LogP contribution in [0, 0.1) is 0 Å². The molecule has 1 aromatic carbocycles. The van der Waals surface area contributed by atoms with Crippen molar-refractivity contribution in [2.45, 2.75) is 0 Å². The van der Waals surface area contributed by atoms with Crippen molar-refractivity contribution in [3.05, 3.63) is 24.3 Å². The van der Waals surface area contributed by atoms with Gasteiger partial charge >= 0.3 is 29.6 Å². The normalized spacial score (nSPS) is 14.6. The summed E-state index contributed by atoms with van der Waals surface area (Å²) in [5.74, 6) is 0. The number of hydrogen-bond donors (Lipinski definition) is 1. The van der Waals surface area contributed by atoms with E-state index in [2.05, 4.69) is 4.98 Å². The SMILES string of the molecule is Cn1c(P(C)(=O)O)nc2ccccc21.[Na+]. The molecule has 0 amide bonds. The number of fused-ring (bicyclic) bond motifs is 1. The average molecular weight is 233 g/mol. The van der Waals surface area contributed by atoms with E-state index in [1.807, 2.05) is 24.3 Å². The molecule has 1 N–H and O–H groups in total. The maximum atomic E-state index is 11.5. The van der Waals surface area contributed by atoms with Crippen molar-refractivity contribution in [3.63, 3.8) is 0 Å². The van der Waals surface area contributed by atoms with Gasteiger partial charge in [0.15, 0.2) is 5.57 Å². The molecule has 0 saturated carbocycles. The molecule has 1 unspecified atom stereocenters. The van der Waals surface area contributed by atoms with E-state index < -0.39 is 7.37 Å². The molecule has 4 nitrogen and oxygen atoms in total. The molecule has 6 heteroatoms. The number of benzene rings is 1. The second-order valence-corrected chi connectivity index (χ2v) is 5.50. The number of nitrogens with zero attached hydrogens (tertiary/aromatic N) is 2. The molecule has 2 aromatic rings. The van der Waals surface area contributed by atoms with Crippen molar-refractivity contribution in [3.8, 4) is 0 Å². The van der Waals surface area contributed by atoms with Gasteiger partial charge in [-0.3, -0.25) is 4.57 Å². The second kappa shape index (κ2) is 4.40. The van der Waals surface area contributed by atoms with Gasteiger partial charge in [0.1, 0.15) is 0 Å². The van der Waals surface area contributed by atoms with E-state index in [1.165, 1.54) is 6.66 Å². The van der Waals surface area contributed by atoms with Crippen molar-refractivity contribution in [2.75, 3.05) is 6.66 Å². The van der Waals surface area contributed by atoms with Crippen LogP contribution in [0.15, 0.2) is 24.3 Å². The van der Waals surface area contributed by atoms with Gasteiger partial charge in [-0.05, 0) is 12.1 Å². The van der Waals surface area contributed by atoms with Crippen LogP contribution in [-0.4, -0.2) is 21.1 Å². The summed E-state index contributed by atoms with van der Waals surface area (Å²) < 4.78 is 13.1. The van der Waals surface area contributed by atoms with Crippen LogP contribution in [0.25, 0.3) is 11.0 Å². The van der Waals surface area contributed by atoms with Crippen molar-refractivity contribution < 1.29 is 39.0 Å². The fraction of sp³-hybridized carbons (Fsp3) is 0.222. The quantitative estimate of drug-likeness (QED) is 0.462. The van der Waals surface area contributed by atoms with Gasteiger partial charge in [0, 0.05) is 13.7 Å². The third kappa shape index (κ3) is 2.35. The maximum absolute atomic E-state index is 11.5. The Morgan fingerprint density at radius 2 is 2.00 bits per heavy atom. The molecule has 0 spiro atoms. The zero-order chi connectivity index (χ0) is 10.3. The minimum Gasteiger partial charge on any atom is -0.339 e. The number of imidazole rings is 1. The van der Waals surface area contributed by atoms with Gasteiger partial charge < -0.3 is 9.46 Å². The van der Waals surface area contributed by atoms with Gasteiger partial charge in [0.05, 0.1) is 11.0 Å². The van der Waals surface area contributed by atoms with Gasteiger partial charge in [-0.15, -0.1) is 0 Å². The third-order valence-electron chi connectivity index (χ3n) is 2.13. The first-order chi connectivity index (χ1) is 6.50. The molecule has 1 aromatic heterocycles. The van der Waals surface area contributed by atoms with Gasteiger partial charge in [0.2, 0.25) is 0 Å². The van der Waals surface area contributed by atoms with E-state index in [0.717, 1.165) is 11.0 Å². The van der Waals surface area contributed by atoms with Crippen molar-refractivity contribution in [1.29, 1.82) is 0 Å². The predicted octanol–water partition coefficient (Wildman–Crippen LogP) is -1.90. The molecule has 1 heterocycles. The van der Waals surface area contributed by atoms with E-state index in [1.54, 1.807) is 11.6 Å². The Balaban J connectivity index is 0.00000112. The van der Waals surface area contributed by atoms with Crippen LogP contribution in [-0.2, 0) is 11.6 Å². The molecule has 0 aliphatic rings. The molecular formula is C9H11N2NaO2P+. The molecule has 74 valence electrons. The molecule has 0 aliphatic heterocycles. The number of hydrogen-bond acceptors (Lipinski definition) is 2. The van der Waals surface area contributed by atoms with Crippen LogP contribution in [0.3, 0.4) is 0 Å². The number of rotatable bonds is 1. The fourth-order valence-electron chi connectivity index (χ4n) is 1.50. The molecule has 0 saturated heterocycles. The van der Waals surface area contributed by atoms with Gasteiger partial charge in [-0.1, -0.05) is 12.1 Å². The van der Waals surface area contributed by atoms with E-state index in [0.29, 0.717) is 0 Å². The summed E-state index contributed by atoms with van der Waals surface area (Å²) in [7, 11) is -1.53. The Labute approximate surface area is 110 Å². The Bertz CT molecular complexity index is 532. The van der Waals surface area contributed by atoms with Crippen LogP contribution < -0.4 is 35.1 Å². The molecule has 2 rings (SSSR count). The summed E-state index contributed by atoms with van der Waals surface area (Å²) in [4.78, 5) is 13.6. The van der Waals surface area contributed by atoms with E-state index >= 15 is 0 Å². The van der Waals surface area contributed by atoms with Crippen molar-refractivity contribution in [1.82, 2.24) is 9.55 Å². The summed E-state index contributed by atoms with van der Waals surface area (Å²) in [6, 6.07) is 7.44. The van der Waals surface area contributed by atoms with Crippen molar-refractivity contribution >= 4 is 24.0 Å². The van der Waals surface area contributed by atoms with E-state index in [9.17, 15) is 9.46 Å². The van der Waals surface area contributed by atoms with Crippen LogP contribution in [0.2, 0.25) is 0 Å². The standard InChI is InChI=1S/C9H11N2O2P.Na/c1-11-8-6-4-3-5-7(8)10-9(11)14(2,12)13;/h3-6H,1-2H3,(H,12,13);/q;+1. The summed E-state index contributed by atoms with van der Waals surface area (Å²) >= 11 is 0. The summed E-state index contributed by atoms with van der Waals surface area (Å²) in [5, 5.41) is 0. The zero-order valence-electron chi connectivity index (χ0n) is 9.01. The molecule has 0 fully saturated rings. The monoisotopic (exact) mass is 233 g/mol.